The van der Waals surface area contributed by atoms with Crippen molar-refractivity contribution in [1.29, 1.82) is 0 Å². The first-order valence-electron chi connectivity index (χ1n) is 7.15. The van der Waals surface area contributed by atoms with Gasteiger partial charge in [-0.3, -0.25) is 14.8 Å². The monoisotopic (exact) mass is 392 g/mol. The Hall–Kier alpha value is -2.55. The molecule has 0 fully saturated rings. The minimum absolute atomic E-state index is 0.189. The van der Waals surface area contributed by atoms with Crippen LogP contribution in [0, 0.1) is 5.82 Å². The zero-order valence-corrected chi connectivity index (χ0v) is 14.3. The lowest BCUT2D eigenvalue weighted by molar-refractivity contribution is -0.119. The number of hydrogen-bond acceptors (Lipinski definition) is 4. The highest BCUT2D eigenvalue weighted by molar-refractivity contribution is 9.10. The molecule has 1 unspecified atom stereocenters. The maximum Gasteiger partial charge on any atom is 0.251 e. The van der Waals surface area contributed by atoms with Gasteiger partial charge in [-0.15, -0.1) is 5.10 Å². The molecular weight excluding hydrogens is 379 g/mol. The number of carbonyl (C=O) groups is 1. The van der Waals surface area contributed by atoms with Gasteiger partial charge in [0.25, 0.3) is 5.91 Å². The number of rotatable bonds is 5. The zero-order valence-electron chi connectivity index (χ0n) is 12.7. The van der Waals surface area contributed by atoms with Crippen molar-refractivity contribution in [2.75, 3.05) is 5.32 Å². The predicted octanol–water partition coefficient (Wildman–Crippen LogP) is 2.62. The van der Waals surface area contributed by atoms with Crippen LogP contribution in [-0.2, 0) is 11.3 Å². The smallest absolute Gasteiger partial charge is 0.251 e. The molecule has 9 heteroatoms. The molecular formula is C15H14BrFN6O. The van der Waals surface area contributed by atoms with Crippen molar-refractivity contribution in [2.45, 2.75) is 19.5 Å². The summed E-state index contributed by atoms with van der Waals surface area (Å²) in [4.78, 5) is 16.3. The second kappa shape index (κ2) is 6.91. The number of anilines is 1. The molecule has 1 aromatic carbocycles. The van der Waals surface area contributed by atoms with E-state index in [9.17, 15) is 9.18 Å². The number of nitrogens with zero attached hydrogens (tertiary/aromatic N) is 5. The zero-order chi connectivity index (χ0) is 17.1. The molecule has 2 aromatic heterocycles. The van der Waals surface area contributed by atoms with Crippen molar-refractivity contribution in [3.8, 4) is 0 Å². The second-order valence-electron chi connectivity index (χ2n) is 5.20. The van der Waals surface area contributed by atoms with Crippen molar-refractivity contribution < 1.29 is 9.18 Å². The molecule has 0 aliphatic rings. The Morgan fingerprint density at radius 2 is 2.29 bits per heavy atom. The number of hydrogen-bond donors (Lipinski definition) is 1. The van der Waals surface area contributed by atoms with Crippen molar-refractivity contribution >= 4 is 27.8 Å². The SMILES string of the molecule is CC(C(=O)Nc1ncn(Cc2cccc(F)c2)n1)n1cc(Br)cn1. The second-order valence-corrected chi connectivity index (χ2v) is 6.12. The summed E-state index contributed by atoms with van der Waals surface area (Å²) in [5, 5.41) is 10.9. The van der Waals surface area contributed by atoms with E-state index in [1.165, 1.54) is 27.8 Å². The van der Waals surface area contributed by atoms with Gasteiger partial charge in [-0.2, -0.15) is 5.10 Å². The van der Waals surface area contributed by atoms with Crippen LogP contribution in [0.15, 0.2) is 47.5 Å². The first-order chi connectivity index (χ1) is 11.5. The summed E-state index contributed by atoms with van der Waals surface area (Å²) < 4.78 is 17.0. The highest BCUT2D eigenvalue weighted by Crippen LogP contribution is 2.13. The van der Waals surface area contributed by atoms with Gasteiger partial charge in [0, 0.05) is 6.20 Å². The number of nitrogens with one attached hydrogen (secondary N) is 1. The van der Waals surface area contributed by atoms with E-state index in [-0.39, 0.29) is 17.7 Å². The third-order valence-electron chi connectivity index (χ3n) is 3.35. The number of aromatic nitrogens is 5. The molecule has 0 saturated carbocycles. The average Bonchev–Trinajstić information content (AvgIpc) is 3.16. The number of benzene rings is 1. The van der Waals surface area contributed by atoms with Crippen LogP contribution in [0.2, 0.25) is 0 Å². The summed E-state index contributed by atoms with van der Waals surface area (Å²) in [6.45, 7) is 2.08. The van der Waals surface area contributed by atoms with Gasteiger partial charge in [0.15, 0.2) is 0 Å². The minimum Gasteiger partial charge on any atom is -0.291 e. The number of amides is 1. The molecule has 0 saturated heterocycles. The van der Waals surface area contributed by atoms with Crippen molar-refractivity contribution in [2.24, 2.45) is 0 Å². The summed E-state index contributed by atoms with van der Waals surface area (Å²) >= 11 is 3.29. The van der Waals surface area contributed by atoms with Gasteiger partial charge in [0.1, 0.15) is 18.2 Å². The van der Waals surface area contributed by atoms with Crippen molar-refractivity contribution in [1.82, 2.24) is 24.5 Å². The maximum absolute atomic E-state index is 13.2. The van der Waals surface area contributed by atoms with Gasteiger partial charge >= 0.3 is 0 Å². The molecule has 0 bridgehead atoms. The van der Waals surface area contributed by atoms with E-state index >= 15 is 0 Å². The van der Waals surface area contributed by atoms with E-state index in [1.54, 1.807) is 31.5 Å². The lowest BCUT2D eigenvalue weighted by atomic mass is 10.2. The Morgan fingerprint density at radius 1 is 1.46 bits per heavy atom. The summed E-state index contributed by atoms with van der Waals surface area (Å²) in [5.41, 5.74) is 0.757. The van der Waals surface area contributed by atoms with Gasteiger partial charge < -0.3 is 0 Å². The first-order valence-corrected chi connectivity index (χ1v) is 7.95. The van der Waals surface area contributed by atoms with E-state index in [0.717, 1.165) is 10.0 Å². The van der Waals surface area contributed by atoms with Gasteiger partial charge in [-0.1, -0.05) is 12.1 Å². The summed E-state index contributed by atoms with van der Waals surface area (Å²) in [6.07, 6.45) is 4.80. The number of carbonyl (C=O) groups excluding carboxylic acids is 1. The Bertz CT molecular complexity index is 861. The van der Waals surface area contributed by atoms with Crippen LogP contribution >= 0.6 is 15.9 Å². The Balaban J connectivity index is 1.64. The minimum atomic E-state index is -0.508. The first kappa shape index (κ1) is 16.3. The Labute approximate surface area is 145 Å². The van der Waals surface area contributed by atoms with E-state index in [0.29, 0.717) is 6.54 Å². The lowest BCUT2D eigenvalue weighted by Crippen LogP contribution is -2.24. The van der Waals surface area contributed by atoms with Crippen LogP contribution < -0.4 is 5.32 Å². The fraction of sp³-hybridized carbons (Fsp3) is 0.200. The maximum atomic E-state index is 13.2. The molecule has 3 rings (SSSR count). The van der Waals surface area contributed by atoms with Gasteiger partial charge in [-0.25, -0.2) is 14.1 Å². The van der Waals surface area contributed by atoms with Crippen LogP contribution in [-0.4, -0.2) is 30.5 Å². The van der Waals surface area contributed by atoms with Crippen LogP contribution in [0.25, 0.3) is 0 Å². The fourth-order valence-electron chi connectivity index (χ4n) is 2.11. The highest BCUT2D eigenvalue weighted by atomic mass is 79.9. The van der Waals surface area contributed by atoms with Crippen LogP contribution in [0.1, 0.15) is 18.5 Å². The van der Waals surface area contributed by atoms with Crippen LogP contribution in [0.3, 0.4) is 0 Å². The standard InChI is InChI=1S/C15H14BrFN6O/c1-10(23-8-12(16)6-19-23)14(24)20-15-18-9-22(21-15)7-11-3-2-4-13(17)5-11/h2-6,8-10H,7H2,1H3,(H,20,21,24). The molecule has 7 nitrogen and oxygen atoms in total. The predicted molar refractivity (Wildman–Crippen MR) is 88.8 cm³/mol. The van der Waals surface area contributed by atoms with E-state index in [4.69, 9.17) is 0 Å². The van der Waals surface area contributed by atoms with Gasteiger partial charge in [0.05, 0.1) is 17.2 Å². The molecule has 0 aliphatic heterocycles. The molecule has 1 amide bonds. The van der Waals surface area contributed by atoms with Gasteiger partial charge in [-0.05, 0) is 40.5 Å². The summed E-state index contributed by atoms with van der Waals surface area (Å²) in [6, 6.07) is 5.73. The number of halogens is 2. The summed E-state index contributed by atoms with van der Waals surface area (Å²) in [5.74, 6) is -0.399. The molecule has 0 aliphatic carbocycles. The summed E-state index contributed by atoms with van der Waals surface area (Å²) in [7, 11) is 0. The molecule has 24 heavy (non-hydrogen) atoms. The fourth-order valence-corrected chi connectivity index (χ4v) is 2.41. The van der Waals surface area contributed by atoms with Crippen LogP contribution in [0.4, 0.5) is 10.3 Å². The van der Waals surface area contributed by atoms with Gasteiger partial charge in [0.2, 0.25) is 5.95 Å². The molecule has 1 N–H and O–H groups in total. The quantitative estimate of drug-likeness (QED) is 0.723. The molecule has 3 aromatic rings. The normalized spacial score (nSPS) is 12.1. The molecule has 1 atom stereocenters. The third-order valence-corrected chi connectivity index (χ3v) is 3.76. The average molecular weight is 393 g/mol. The van der Waals surface area contributed by atoms with Crippen LogP contribution in [0.5, 0.6) is 0 Å². The molecule has 0 radical (unpaired) electrons. The van der Waals surface area contributed by atoms with Crippen molar-refractivity contribution in [3.05, 3.63) is 58.8 Å². The topological polar surface area (TPSA) is 77.6 Å². The highest BCUT2D eigenvalue weighted by Gasteiger charge is 2.17. The Morgan fingerprint density at radius 3 is 3.00 bits per heavy atom. The molecule has 124 valence electrons. The third kappa shape index (κ3) is 3.85. The van der Waals surface area contributed by atoms with E-state index in [1.807, 2.05) is 0 Å². The largest absolute Gasteiger partial charge is 0.291 e. The molecule has 2 heterocycles. The van der Waals surface area contributed by atoms with E-state index < -0.39 is 6.04 Å². The molecule has 0 spiro atoms. The van der Waals surface area contributed by atoms with Crippen molar-refractivity contribution in [3.63, 3.8) is 0 Å². The Kier molecular flexibility index (Phi) is 4.70. The van der Waals surface area contributed by atoms with E-state index in [2.05, 4.69) is 36.4 Å². The lowest BCUT2D eigenvalue weighted by Gasteiger charge is -2.10.